The molecule has 0 aliphatic heterocycles. The highest BCUT2D eigenvalue weighted by molar-refractivity contribution is 5.79. The monoisotopic (exact) mass is 399 g/mol. The Kier molecular flexibility index (Phi) is 3.99. The summed E-state index contributed by atoms with van der Waals surface area (Å²) in [5.41, 5.74) is 4.09. The van der Waals surface area contributed by atoms with Crippen molar-refractivity contribution in [3.05, 3.63) is 87.2 Å². The van der Waals surface area contributed by atoms with Gasteiger partial charge in [-0.2, -0.15) is 4.98 Å². The van der Waals surface area contributed by atoms with Gasteiger partial charge in [0.1, 0.15) is 0 Å². The molecule has 0 N–H and O–H groups in total. The summed E-state index contributed by atoms with van der Waals surface area (Å²) in [5.74, 6) is 0.593. The summed E-state index contributed by atoms with van der Waals surface area (Å²) in [6.45, 7) is 4.14. The van der Waals surface area contributed by atoms with E-state index in [2.05, 4.69) is 6.07 Å². The van der Waals surface area contributed by atoms with Gasteiger partial charge < -0.3 is 0 Å². The molecule has 3 aromatic heterocycles. The van der Waals surface area contributed by atoms with Gasteiger partial charge in [-0.1, -0.05) is 42.5 Å². The van der Waals surface area contributed by atoms with Crippen molar-refractivity contribution < 1.29 is 0 Å². The molecule has 0 fully saturated rings. The number of fused-ring (bicyclic) bond motifs is 3. The van der Waals surface area contributed by atoms with Gasteiger partial charge in [0.2, 0.25) is 5.78 Å². The number of aryl methyl sites for hydroxylation is 2. The minimum absolute atomic E-state index is 0.304. The minimum Gasteiger partial charge on any atom is -0.279 e. The van der Waals surface area contributed by atoms with Crippen molar-refractivity contribution >= 4 is 16.9 Å². The highest BCUT2D eigenvalue weighted by atomic mass is 16.2. The van der Waals surface area contributed by atoms with E-state index < -0.39 is 0 Å². The van der Waals surface area contributed by atoms with Gasteiger partial charge >= 0.3 is 5.69 Å². The Bertz CT molecular complexity index is 1530. The summed E-state index contributed by atoms with van der Waals surface area (Å²) < 4.78 is 6.51. The molecule has 0 amide bonds. The average molecular weight is 399 g/mol. The van der Waals surface area contributed by atoms with E-state index in [4.69, 9.17) is 4.98 Å². The average Bonchev–Trinajstić information content (AvgIpc) is 3.29. The van der Waals surface area contributed by atoms with Crippen LogP contribution in [0.15, 0.2) is 70.4 Å². The molecule has 0 aliphatic carbocycles. The lowest BCUT2D eigenvalue weighted by molar-refractivity contribution is 0.637. The predicted molar refractivity (Wildman–Crippen MR) is 117 cm³/mol. The Morgan fingerprint density at radius 1 is 1.00 bits per heavy atom. The molecule has 150 valence electrons. The van der Waals surface area contributed by atoms with Crippen LogP contribution < -0.4 is 11.2 Å². The van der Waals surface area contributed by atoms with E-state index in [1.54, 1.807) is 18.4 Å². The second kappa shape index (κ2) is 6.59. The second-order valence-corrected chi connectivity index (χ2v) is 7.40. The fraction of sp³-hybridized carbons (Fsp3) is 0.174. The molecule has 3 heterocycles. The molecule has 30 heavy (non-hydrogen) atoms. The van der Waals surface area contributed by atoms with Crippen molar-refractivity contribution in [2.75, 3.05) is 0 Å². The van der Waals surface area contributed by atoms with Gasteiger partial charge in [-0.3, -0.25) is 22.9 Å². The minimum atomic E-state index is -0.360. The van der Waals surface area contributed by atoms with Crippen LogP contribution in [-0.2, 0) is 13.6 Å². The second-order valence-electron chi connectivity index (χ2n) is 7.40. The summed E-state index contributed by atoms with van der Waals surface area (Å²) in [7, 11) is 1.65. The Labute approximate surface area is 172 Å². The highest BCUT2D eigenvalue weighted by Gasteiger charge is 2.22. The first kappa shape index (κ1) is 18.2. The third-order valence-corrected chi connectivity index (χ3v) is 5.50. The Balaban J connectivity index is 1.98. The van der Waals surface area contributed by atoms with Gasteiger partial charge in [0.15, 0.2) is 11.2 Å². The van der Waals surface area contributed by atoms with Gasteiger partial charge in [-0.25, -0.2) is 4.79 Å². The molecule has 0 unspecified atom stereocenters. The topological polar surface area (TPSA) is 66.2 Å². The Morgan fingerprint density at radius 2 is 1.77 bits per heavy atom. The molecule has 0 atom stereocenters. The van der Waals surface area contributed by atoms with Crippen LogP contribution in [0.4, 0.5) is 0 Å². The van der Waals surface area contributed by atoms with E-state index in [1.807, 2.05) is 66.2 Å². The smallest absolute Gasteiger partial charge is 0.279 e. The van der Waals surface area contributed by atoms with Crippen LogP contribution >= 0.6 is 0 Å². The molecule has 0 saturated heterocycles. The third-order valence-electron chi connectivity index (χ3n) is 5.50. The van der Waals surface area contributed by atoms with E-state index in [0.29, 0.717) is 23.5 Å². The molecule has 0 aliphatic rings. The SMILES string of the molecule is CCn1c(=O)c2c(nc3n(-c4cccc(C)c4)c(-c4ccccc4)cn23)n(C)c1=O. The van der Waals surface area contributed by atoms with Crippen LogP contribution in [0.5, 0.6) is 0 Å². The first-order valence-electron chi connectivity index (χ1n) is 9.87. The maximum atomic E-state index is 13.1. The van der Waals surface area contributed by atoms with E-state index in [-0.39, 0.29) is 11.2 Å². The summed E-state index contributed by atoms with van der Waals surface area (Å²) in [6, 6.07) is 18.1. The molecule has 0 bridgehead atoms. The zero-order valence-electron chi connectivity index (χ0n) is 17.0. The molecule has 2 aromatic carbocycles. The first-order valence-corrected chi connectivity index (χ1v) is 9.87. The van der Waals surface area contributed by atoms with Gasteiger partial charge in [0.25, 0.3) is 5.56 Å². The van der Waals surface area contributed by atoms with Crippen LogP contribution in [0.2, 0.25) is 0 Å². The standard InChI is InChI=1S/C23H21N5O2/c1-4-26-21(29)19-20(25(3)23(26)30)24-22-27(19)14-18(16-10-6-5-7-11-16)28(22)17-12-8-9-15(2)13-17/h5-14H,4H2,1-3H3. The molecule has 0 saturated carbocycles. The van der Waals surface area contributed by atoms with E-state index >= 15 is 0 Å². The Hall–Kier alpha value is -3.87. The van der Waals surface area contributed by atoms with Gasteiger partial charge in [-0.15, -0.1) is 0 Å². The van der Waals surface area contributed by atoms with Crippen LogP contribution in [0.25, 0.3) is 33.9 Å². The molecule has 0 spiro atoms. The van der Waals surface area contributed by atoms with Crippen molar-refractivity contribution in [3.63, 3.8) is 0 Å². The van der Waals surface area contributed by atoms with Crippen LogP contribution in [-0.4, -0.2) is 23.1 Å². The lowest BCUT2D eigenvalue weighted by Gasteiger charge is -2.10. The van der Waals surface area contributed by atoms with Crippen molar-refractivity contribution in [2.24, 2.45) is 7.05 Å². The van der Waals surface area contributed by atoms with Crippen molar-refractivity contribution in [1.82, 2.24) is 23.1 Å². The predicted octanol–water partition coefficient (Wildman–Crippen LogP) is 3.13. The van der Waals surface area contributed by atoms with Crippen LogP contribution in [0, 0.1) is 6.92 Å². The van der Waals surface area contributed by atoms with Gasteiger partial charge in [-0.05, 0) is 31.5 Å². The van der Waals surface area contributed by atoms with Crippen molar-refractivity contribution in [1.29, 1.82) is 0 Å². The molecule has 5 rings (SSSR count). The lowest BCUT2D eigenvalue weighted by atomic mass is 10.1. The largest absolute Gasteiger partial charge is 0.332 e. The van der Waals surface area contributed by atoms with E-state index in [9.17, 15) is 9.59 Å². The summed E-state index contributed by atoms with van der Waals surface area (Å²) in [6.07, 6.45) is 1.92. The van der Waals surface area contributed by atoms with E-state index in [1.165, 1.54) is 9.13 Å². The Morgan fingerprint density at radius 3 is 2.47 bits per heavy atom. The summed E-state index contributed by atoms with van der Waals surface area (Å²) in [5, 5.41) is 0. The van der Waals surface area contributed by atoms with Crippen LogP contribution in [0.1, 0.15) is 12.5 Å². The maximum Gasteiger partial charge on any atom is 0.332 e. The molecular weight excluding hydrogens is 378 g/mol. The summed E-state index contributed by atoms with van der Waals surface area (Å²) in [4.78, 5) is 30.5. The fourth-order valence-corrected chi connectivity index (χ4v) is 4.01. The number of benzene rings is 2. The first-order chi connectivity index (χ1) is 14.5. The van der Waals surface area contributed by atoms with Gasteiger partial charge in [0, 0.05) is 31.0 Å². The molecular formula is C23H21N5O2. The summed E-state index contributed by atoms with van der Waals surface area (Å²) >= 11 is 0. The normalized spacial score (nSPS) is 11.6. The number of hydrogen-bond acceptors (Lipinski definition) is 3. The zero-order valence-corrected chi connectivity index (χ0v) is 17.0. The number of aromatic nitrogens is 5. The number of hydrogen-bond donors (Lipinski definition) is 0. The molecule has 7 nitrogen and oxygen atoms in total. The zero-order chi connectivity index (χ0) is 21.0. The molecule has 7 heteroatoms. The third kappa shape index (κ3) is 2.48. The molecule has 5 aromatic rings. The van der Waals surface area contributed by atoms with Crippen molar-refractivity contribution in [3.8, 4) is 16.9 Å². The van der Waals surface area contributed by atoms with Crippen LogP contribution in [0.3, 0.4) is 0 Å². The van der Waals surface area contributed by atoms with Gasteiger partial charge in [0.05, 0.1) is 5.69 Å². The lowest BCUT2D eigenvalue weighted by Crippen LogP contribution is -2.38. The number of nitrogens with zero attached hydrogens (tertiary/aromatic N) is 5. The molecule has 0 radical (unpaired) electrons. The highest BCUT2D eigenvalue weighted by Crippen LogP contribution is 2.29. The van der Waals surface area contributed by atoms with E-state index in [0.717, 1.165) is 22.5 Å². The number of imidazole rings is 2. The quantitative estimate of drug-likeness (QED) is 0.468. The van der Waals surface area contributed by atoms with Crippen molar-refractivity contribution in [2.45, 2.75) is 20.4 Å². The maximum absolute atomic E-state index is 13.1. The number of rotatable bonds is 3. The fourth-order valence-electron chi connectivity index (χ4n) is 4.01.